The van der Waals surface area contributed by atoms with Gasteiger partial charge in [0.05, 0.1) is 10.9 Å². The lowest BCUT2D eigenvalue weighted by Gasteiger charge is -2.03. The molecule has 0 aliphatic heterocycles. The van der Waals surface area contributed by atoms with Crippen molar-refractivity contribution in [1.82, 2.24) is 9.97 Å². The van der Waals surface area contributed by atoms with Gasteiger partial charge in [0.15, 0.2) is 0 Å². The first-order valence-corrected chi connectivity index (χ1v) is 6.40. The number of nitrogens with two attached hydrogens (primary N) is 1. The standard InChI is InChI=1S/C9H8BrClN4S/c10-6-3-8(12)15-9(14-6)13-4-5-1-2-7(11)16-5/h1-3H,4H2,(H3,12,13,14,15). The summed E-state index contributed by atoms with van der Waals surface area (Å²) in [5.74, 6) is 0.921. The van der Waals surface area contributed by atoms with Crippen LogP contribution >= 0.6 is 38.9 Å². The number of rotatable bonds is 3. The van der Waals surface area contributed by atoms with E-state index in [-0.39, 0.29) is 0 Å². The maximum absolute atomic E-state index is 5.82. The number of nitrogen functional groups attached to an aromatic ring is 1. The van der Waals surface area contributed by atoms with Gasteiger partial charge in [-0.15, -0.1) is 11.3 Å². The van der Waals surface area contributed by atoms with Gasteiger partial charge in [-0.3, -0.25) is 0 Å². The fourth-order valence-corrected chi connectivity index (χ4v) is 2.56. The Hall–Kier alpha value is -0.850. The van der Waals surface area contributed by atoms with Gasteiger partial charge in [-0.1, -0.05) is 11.6 Å². The smallest absolute Gasteiger partial charge is 0.226 e. The third-order valence-corrected chi connectivity index (χ3v) is 3.40. The molecule has 16 heavy (non-hydrogen) atoms. The number of nitrogens with one attached hydrogen (secondary N) is 1. The molecule has 2 heterocycles. The molecule has 0 atom stereocenters. The molecule has 2 aromatic rings. The van der Waals surface area contributed by atoms with Crippen molar-refractivity contribution in [3.05, 3.63) is 32.0 Å². The van der Waals surface area contributed by atoms with Gasteiger partial charge in [0, 0.05) is 10.9 Å². The second-order valence-electron chi connectivity index (χ2n) is 3.00. The molecule has 4 nitrogen and oxygen atoms in total. The van der Waals surface area contributed by atoms with Crippen LogP contribution in [0.2, 0.25) is 4.34 Å². The van der Waals surface area contributed by atoms with E-state index in [1.807, 2.05) is 12.1 Å². The van der Waals surface area contributed by atoms with Gasteiger partial charge in [-0.25, -0.2) is 4.98 Å². The molecule has 0 aromatic carbocycles. The number of anilines is 2. The number of aromatic nitrogens is 2. The Bertz CT molecular complexity index is 482. The summed E-state index contributed by atoms with van der Waals surface area (Å²) in [4.78, 5) is 9.31. The van der Waals surface area contributed by atoms with E-state index in [9.17, 15) is 0 Å². The van der Waals surface area contributed by atoms with Gasteiger partial charge in [0.1, 0.15) is 10.4 Å². The van der Waals surface area contributed by atoms with E-state index < -0.39 is 0 Å². The largest absolute Gasteiger partial charge is 0.383 e. The summed E-state index contributed by atoms with van der Waals surface area (Å²) in [5.41, 5.74) is 5.59. The monoisotopic (exact) mass is 318 g/mol. The minimum absolute atomic E-state index is 0.425. The first kappa shape index (κ1) is 11.6. The van der Waals surface area contributed by atoms with Crippen LogP contribution in [0, 0.1) is 0 Å². The van der Waals surface area contributed by atoms with Crippen molar-refractivity contribution < 1.29 is 0 Å². The zero-order chi connectivity index (χ0) is 11.5. The second-order valence-corrected chi connectivity index (χ2v) is 5.61. The molecule has 0 amide bonds. The van der Waals surface area contributed by atoms with Crippen LogP contribution in [-0.2, 0) is 6.54 Å². The molecule has 0 bridgehead atoms. The van der Waals surface area contributed by atoms with Crippen molar-refractivity contribution in [3.8, 4) is 0 Å². The van der Waals surface area contributed by atoms with Crippen molar-refractivity contribution in [2.24, 2.45) is 0 Å². The van der Waals surface area contributed by atoms with Gasteiger partial charge in [-0.05, 0) is 28.1 Å². The van der Waals surface area contributed by atoms with Crippen LogP contribution in [0.15, 0.2) is 22.8 Å². The highest BCUT2D eigenvalue weighted by molar-refractivity contribution is 9.10. The van der Waals surface area contributed by atoms with Crippen molar-refractivity contribution >= 4 is 50.6 Å². The normalized spacial score (nSPS) is 10.4. The highest BCUT2D eigenvalue weighted by Crippen LogP contribution is 2.22. The van der Waals surface area contributed by atoms with E-state index in [1.165, 1.54) is 11.3 Å². The second kappa shape index (κ2) is 4.99. The zero-order valence-corrected chi connectivity index (χ0v) is 11.2. The maximum atomic E-state index is 5.82. The summed E-state index contributed by atoms with van der Waals surface area (Å²) in [7, 11) is 0. The van der Waals surface area contributed by atoms with Crippen LogP contribution in [0.3, 0.4) is 0 Å². The Kier molecular flexibility index (Phi) is 3.63. The number of nitrogens with zero attached hydrogens (tertiary/aromatic N) is 2. The average molecular weight is 320 g/mol. The highest BCUT2D eigenvalue weighted by atomic mass is 79.9. The van der Waals surface area contributed by atoms with E-state index in [0.717, 1.165) is 9.21 Å². The number of hydrogen-bond donors (Lipinski definition) is 2. The fraction of sp³-hybridized carbons (Fsp3) is 0.111. The van der Waals surface area contributed by atoms with E-state index in [0.29, 0.717) is 22.9 Å². The Morgan fingerprint density at radius 2 is 2.25 bits per heavy atom. The molecule has 0 spiro atoms. The molecular formula is C9H8BrClN4S. The van der Waals surface area contributed by atoms with Crippen molar-refractivity contribution in [2.75, 3.05) is 11.1 Å². The van der Waals surface area contributed by atoms with E-state index in [1.54, 1.807) is 6.07 Å². The lowest BCUT2D eigenvalue weighted by Crippen LogP contribution is -2.04. The predicted octanol–water partition coefficient (Wildman–Crippen LogP) is 3.15. The molecular weight excluding hydrogens is 312 g/mol. The van der Waals surface area contributed by atoms with Gasteiger partial charge in [0.2, 0.25) is 5.95 Å². The predicted molar refractivity (Wildman–Crippen MR) is 70.8 cm³/mol. The molecule has 0 unspecified atom stereocenters. The number of thiophene rings is 1. The van der Waals surface area contributed by atoms with Gasteiger partial charge in [0.25, 0.3) is 0 Å². The summed E-state index contributed by atoms with van der Waals surface area (Å²) >= 11 is 10.6. The molecule has 0 radical (unpaired) electrons. The maximum Gasteiger partial charge on any atom is 0.226 e. The topological polar surface area (TPSA) is 63.8 Å². The SMILES string of the molecule is Nc1cc(Br)nc(NCc2ccc(Cl)s2)n1. The van der Waals surface area contributed by atoms with Crippen LogP contribution < -0.4 is 11.1 Å². The number of hydrogen-bond acceptors (Lipinski definition) is 5. The van der Waals surface area contributed by atoms with Crippen molar-refractivity contribution in [3.63, 3.8) is 0 Å². The minimum atomic E-state index is 0.425. The Morgan fingerprint density at radius 3 is 2.88 bits per heavy atom. The molecule has 7 heteroatoms. The van der Waals surface area contributed by atoms with Gasteiger partial charge in [-0.2, -0.15) is 4.98 Å². The summed E-state index contributed by atoms with van der Waals surface area (Å²) in [6.07, 6.45) is 0. The average Bonchev–Trinajstić information content (AvgIpc) is 2.60. The summed E-state index contributed by atoms with van der Waals surface area (Å²) < 4.78 is 1.43. The van der Waals surface area contributed by atoms with Crippen LogP contribution in [0.25, 0.3) is 0 Å². The molecule has 3 N–H and O–H groups in total. The summed E-state index contributed by atoms with van der Waals surface area (Å²) in [5, 5.41) is 3.08. The Balaban J connectivity index is 2.04. The van der Waals surface area contributed by atoms with E-state index >= 15 is 0 Å². The third kappa shape index (κ3) is 3.07. The number of halogens is 2. The van der Waals surface area contributed by atoms with Crippen LogP contribution in [-0.4, -0.2) is 9.97 Å². The molecule has 0 saturated carbocycles. The van der Waals surface area contributed by atoms with Crippen LogP contribution in [0.5, 0.6) is 0 Å². The summed E-state index contributed by atoms with van der Waals surface area (Å²) in [6.45, 7) is 0.632. The highest BCUT2D eigenvalue weighted by Gasteiger charge is 2.02. The van der Waals surface area contributed by atoms with Crippen molar-refractivity contribution in [1.29, 1.82) is 0 Å². The first-order chi connectivity index (χ1) is 7.63. The lowest BCUT2D eigenvalue weighted by molar-refractivity contribution is 1.06. The zero-order valence-electron chi connectivity index (χ0n) is 8.08. The van der Waals surface area contributed by atoms with Gasteiger partial charge >= 0.3 is 0 Å². The molecule has 0 aliphatic carbocycles. The molecule has 2 aromatic heterocycles. The lowest BCUT2D eigenvalue weighted by atomic mass is 10.5. The van der Waals surface area contributed by atoms with Crippen LogP contribution in [0.4, 0.5) is 11.8 Å². The van der Waals surface area contributed by atoms with E-state index in [2.05, 4.69) is 31.2 Å². The molecule has 84 valence electrons. The minimum Gasteiger partial charge on any atom is -0.383 e. The van der Waals surface area contributed by atoms with Gasteiger partial charge < -0.3 is 11.1 Å². The first-order valence-electron chi connectivity index (χ1n) is 4.41. The molecule has 0 aliphatic rings. The Morgan fingerprint density at radius 1 is 1.44 bits per heavy atom. The quantitative estimate of drug-likeness (QED) is 0.853. The molecule has 2 rings (SSSR count). The van der Waals surface area contributed by atoms with E-state index in [4.69, 9.17) is 17.3 Å². The van der Waals surface area contributed by atoms with Crippen molar-refractivity contribution in [2.45, 2.75) is 6.54 Å². The molecule has 0 saturated heterocycles. The fourth-order valence-electron chi connectivity index (χ4n) is 1.13. The Labute approximate surface area is 110 Å². The van der Waals surface area contributed by atoms with Crippen LogP contribution in [0.1, 0.15) is 4.88 Å². The summed E-state index contributed by atoms with van der Waals surface area (Å²) in [6, 6.07) is 5.47. The third-order valence-electron chi connectivity index (χ3n) is 1.76. The molecule has 0 fully saturated rings.